The number of fused-ring (bicyclic) bond motifs is 1. The fraction of sp³-hybridized carbons (Fsp3) is 0.261. The maximum atomic E-state index is 5.61. The Morgan fingerprint density at radius 3 is 2.38 bits per heavy atom. The number of pyridine rings is 1. The molecule has 1 saturated heterocycles. The number of hydrogen-bond donors (Lipinski definition) is 1. The smallest absolute Gasteiger partial charge is 0.219 e. The molecule has 6 heteroatoms. The highest BCUT2D eigenvalue weighted by Crippen LogP contribution is 2.41. The molecule has 0 saturated carbocycles. The fourth-order valence-electron chi connectivity index (χ4n) is 4.41. The Balaban J connectivity index is 1.44. The van der Waals surface area contributed by atoms with Gasteiger partial charge in [-0.2, -0.15) is 0 Å². The van der Waals surface area contributed by atoms with E-state index in [1.54, 1.807) is 0 Å². The number of hydrogen-bond acceptors (Lipinski definition) is 5. The molecule has 1 aliphatic heterocycles. The predicted molar refractivity (Wildman–Crippen MR) is 113 cm³/mol. The van der Waals surface area contributed by atoms with E-state index in [0.29, 0.717) is 5.95 Å². The summed E-state index contributed by atoms with van der Waals surface area (Å²) in [4.78, 5) is 15.7. The van der Waals surface area contributed by atoms with Crippen molar-refractivity contribution in [1.29, 1.82) is 0 Å². The van der Waals surface area contributed by atoms with Gasteiger partial charge in [-0.05, 0) is 43.6 Å². The molecule has 0 bridgehead atoms. The average Bonchev–Trinajstić information content (AvgIpc) is 3.21. The van der Waals surface area contributed by atoms with E-state index in [1.807, 2.05) is 24.5 Å². The van der Waals surface area contributed by atoms with Gasteiger partial charge in [-0.1, -0.05) is 36.4 Å². The number of piperidine rings is 1. The summed E-state index contributed by atoms with van der Waals surface area (Å²) in [5.74, 6) is 0.322. The average molecular weight is 384 g/mol. The van der Waals surface area contributed by atoms with Crippen LogP contribution in [0.25, 0.3) is 5.65 Å². The number of anilines is 1. The summed E-state index contributed by atoms with van der Waals surface area (Å²) in [5, 5.41) is 0. The standard InChI is InChI=1S/C23H24N6/c24-22-25-14-18(15-26-22)16-28-12-9-23(10-13-28,19-6-2-1-3-7-19)20-17-29-11-5-4-8-21(29)27-20/h1-8,11,14-15,17H,9-10,12-13,16H2,(H2,24,25,26). The molecule has 0 spiro atoms. The van der Waals surface area contributed by atoms with Crippen molar-refractivity contribution < 1.29 is 0 Å². The summed E-state index contributed by atoms with van der Waals surface area (Å²) < 4.78 is 2.12. The molecule has 1 fully saturated rings. The number of benzene rings is 1. The molecule has 0 atom stereocenters. The van der Waals surface area contributed by atoms with E-state index in [-0.39, 0.29) is 5.41 Å². The lowest BCUT2D eigenvalue weighted by atomic mass is 9.70. The maximum absolute atomic E-state index is 5.61. The molecule has 146 valence electrons. The van der Waals surface area contributed by atoms with E-state index in [0.717, 1.165) is 49.4 Å². The van der Waals surface area contributed by atoms with Gasteiger partial charge in [0.05, 0.1) is 5.69 Å². The van der Waals surface area contributed by atoms with E-state index in [4.69, 9.17) is 10.7 Å². The van der Waals surface area contributed by atoms with Crippen molar-refractivity contribution in [2.45, 2.75) is 24.8 Å². The third kappa shape index (κ3) is 3.36. The van der Waals surface area contributed by atoms with Crippen molar-refractivity contribution in [2.24, 2.45) is 0 Å². The first-order valence-corrected chi connectivity index (χ1v) is 10.0. The number of imidazole rings is 1. The van der Waals surface area contributed by atoms with Crippen molar-refractivity contribution in [2.75, 3.05) is 18.8 Å². The molecule has 0 unspecified atom stereocenters. The zero-order valence-electron chi connectivity index (χ0n) is 16.3. The molecule has 6 nitrogen and oxygen atoms in total. The van der Waals surface area contributed by atoms with Crippen molar-refractivity contribution in [1.82, 2.24) is 24.3 Å². The van der Waals surface area contributed by atoms with Crippen LogP contribution in [0.1, 0.15) is 29.7 Å². The van der Waals surface area contributed by atoms with Crippen LogP contribution in [-0.2, 0) is 12.0 Å². The molecule has 3 aromatic heterocycles. The molecule has 5 rings (SSSR count). The molecule has 4 aromatic rings. The summed E-state index contributed by atoms with van der Waals surface area (Å²) >= 11 is 0. The molecule has 0 aliphatic carbocycles. The minimum atomic E-state index is -0.0681. The predicted octanol–water partition coefficient (Wildman–Crippen LogP) is 3.29. The molecule has 29 heavy (non-hydrogen) atoms. The van der Waals surface area contributed by atoms with Gasteiger partial charge in [-0.25, -0.2) is 15.0 Å². The molecule has 0 radical (unpaired) electrons. The van der Waals surface area contributed by atoms with Gasteiger partial charge in [-0.15, -0.1) is 0 Å². The van der Waals surface area contributed by atoms with Crippen LogP contribution in [0.3, 0.4) is 0 Å². The lowest BCUT2D eigenvalue weighted by Crippen LogP contribution is -2.43. The largest absolute Gasteiger partial charge is 0.368 e. The number of aromatic nitrogens is 4. The highest BCUT2D eigenvalue weighted by Gasteiger charge is 2.39. The molecule has 2 N–H and O–H groups in total. The van der Waals surface area contributed by atoms with Crippen LogP contribution in [0, 0.1) is 0 Å². The van der Waals surface area contributed by atoms with Gasteiger partial charge in [0.15, 0.2) is 0 Å². The third-order valence-corrected chi connectivity index (χ3v) is 6.02. The van der Waals surface area contributed by atoms with Gasteiger partial charge in [0.2, 0.25) is 5.95 Å². The van der Waals surface area contributed by atoms with E-state index >= 15 is 0 Å². The summed E-state index contributed by atoms with van der Waals surface area (Å²) in [6.45, 7) is 2.83. The van der Waals surface area contributed by atoms with Crippen LogP contribution >= 0.6 is 0 Å². The number of nitrogens with two attached hydrogens (primary N) is 1. The second kappa shape index (κ2) is 7.29. The van der Waals surface area contributed by atoms with Gasteiger partial charge in [0.25, 0.3) is 0 Å². The highest BCUT2D eigenvalue weighted by molar-refractivity contribution is 5.45. The monoisotopic (exact) mass is 384 g/mol. The zero-order chi connectivity index (χ0) is 19.7. The minimum Gasteiger partial charge on any atom is -0.368 e. The normalized spacial score (nSPS) is 16.8. The Labute approximate surface area is 170 Å². The number of rotatable bonds is 4. The summed E-state index contributed by atoms with van der Waals surface area (Å²) in [7, 11) is 0. The molecule has 4 heterocycles. The SMILES string of the molecule is Nc1ncc(CN2CCC(c3ccccc3)(c3cn4ccccc4n3)CC2)cn1. The number of nitrogen functional groups attached to an aromatic ring is 1. The van der Waals surface area contributed by atoms with E-state index in [9.17, 15) is 0 Å². The van der Waals surface area contributed by atoms with E-state index in [2.05, 4.69) is 68.1 Å². The van der Waals surface area contributed by atoms with Gasteiger partial charge < -0.3 is 10.1 Å². The molecule has 1 aromatic carbocycles. The van der Waals surface area contributed by atoms with E-state index < -0.39 is 0 Å². The first kappa shape index (κ1) is 17.8. The van der Waals surface area contributed by atoms with Crippen LogP contribution in [0.4, 0.5) is 5.95 Å². The zero-order valence-corrected chi connectivity index (χ0v) is 16.3. The summed E-state index contributed by atoms with van der Waals surface area (Å²) in [6, 6.07) is 17.0. The first-order chi connectivity index (χ1) is 14.2. The molecule has 0 amide bonds. The Morgan fingerprint density at radius 1 is 0.931 bits per heavy atom. The molecule has 1 aliphatic rings. The van der Waals surface area contributed by atoms with Crippen molar-refractivity contribution in [3.8, 4) is 0 Å². The fourth-order valence-corrected chi connectivity index (χ4v) is 4.41. The van der Waals surface area contributed by atoms with Crippen molar-refractivity contribution >= 4 is 11.6 Å². The number of nitrogens with zero attached hydrogens (tertiary/aromatic N) is 5. The lowest BCUT2D eigenvalue weighted by Gasteiger charge is -2.41. The van der Waals surface area contributed by atoms with Crippen molar-refractivity contribution in [3.05, 3.63) is 90.1 Å². The topological polar surface area (TPSA) is 72.3 Å². The second-order valence-electron chi connectivity index (χ2n) is 7.77. The van der Waals surface area contributed by atoms with Gasteiger partial charge >= 0.3 is 0 Å². The van der Waals surface area contributed by atoms with Crippen LogP contribution in [0.5, 0.6) is 0 Å². The number of likely N-dealkylation sites (tertiary alicyclic amines) is 1. The third-order valence-electron chi connectivity index (χ3n) is 6.02. The van der Waals surface area contributed by atoms with Gasteiger partial charge in [0.1, 0.15) is 5.65 Å². The van der Waals surface area contributed by atoms with Crippen LogP contribution in [0.2, 0.25) is 0 Å². The highest BCUT2D eigenvalue weighted by atomic mass is 15.1. The van der Waals surface area contributed by atoms with Gasteiger partial charge in [0, 0.05) is 42.3 Å². The maximum Gasteiger partial charge on any atom is 0.219 e. The van der Waals surface area contributed by atoms with Crippen molar-refractivity contribution in [3.63, 3.8) is 0 Å². The van der Waals surface area contributed by atoms with E-state index in [1.165, 1.54) is 5.56 Å². The Kier molecular flexibility index (Phi) is 4.48. The Morgan fingerprint density at radius 2 is 1.66 bits per heavy atom. The lowest BCUT2D eigenvalue weighted by molar-refractivity contribution is 0.170. The van der Waals surface area contributed by atoms with Crippen LogP contribution in [0.15, 0.2) is 73.3 Å². The first-order valence-electron chi connectivity index (χ1n) is 10.0. The molecular weight excluding hydrogens is 360 g/mol. The Hall–Kier alpha value is -3.25. The Bertz CT molecular complexity index is 1060. The van der Waals surface area contributed by atoms with Crippen LogP contribution < -0.4 is 5.73 Å². The quantitative estimate of drug-likeness (QED) is 0.585. The van der Waals surface area contributed by atoms with Gasteiger partial charge in [-0.3, -0.25) is 4.90 Å². The van der Waals surface area contributed by atoms with Crippen LogP contribution in [-0.4, -0.2) is 37.3 Å². The molecular formula is C23H24N6. The summed E-state index contributed by atoms with van der Waals surface area (Å²) in [6.07, 6.45) is 9.97. The minimum absolute atomic E-state index is 0.0681. The second-order valence-corrected chi connectivity index (χ2v) is 7.77. The summed E-state index contributed by atoms with van der Waals surface area (Å²) in [5.41, 5.74) is 10.1.